The number of hydrogen-bond acceptors (Lipinski definition) is 6. The molecule has 4 aromatic rings. The van der Waals surface area contributed by atoms with Crippen LogP contribution in [0.2, 0.25) is 0 Å². The zero-order chi connectivity index (χ0) is 21.8. The van der Waals surface area contributed by atoms with E-state index in [1.807, 2.05) is 30.3 Å². The maximum absolute atomic E-state index is 13.1. The Morgan fingerprint density at radius 1 is 0.968 bits per heavy atom. The number of fused-ring (bicyclic) bond motifs is 1. The molecule has 0 fully saturated rings. The van der Waals surface area contributed by atoms with Crippen molar-refractivity contribution in [2.24, 2.45) is 0 Å². The monoisotopic (exact) mass is 413 g/mol. The number of benzene rings is 2. The van der Waals surface area contributed by atoms with Crippen molar-refractivity contribution in [2.45, 2.75) is 13.5 Å². The van der Waals surface area contributed by atoms with Crippen LogP contribution in [0.1, 0.15) is 18.1 Å². The molecule has 0 unspecified atom stereocenters. The van der Waals surface area contributed by atoms with E-state index < -0.39 is 11.6 Å². The van der Waals surface area contributed by atoms with E-state index in [2.05, 4.69) is 4.98 Å². The molecule has 2 heterocycles. The van der Waals surface area contributed by atoms with E-state index in [9.17, 15) is 14.7 Å². The molecule has 1 N–H and O–H groups in total. The van der Waals surface area contributed by atoms with Gasteiger partial charge < -0.3 is 14.3 Å². The van der Waals surface area contributed by atoms with E-state index in [0.717, 1.165) is 5.56 Å². The van der Waals surface area contributed by atoms with Gasteiger partial charge in [0.15, 0.2) is 5.76 Å². The van der Waals surface area contributed by atoms with Gasteiger partial charge in [-0.25, -0.2) is 9.59 Å². The first-order valence-electron chi connectivity index (χ1n) is 9.64. The van der Waals surface area contributed by atoms with Crippen LogP contribution in [-0.2, 0) is 16.1 Å². The highest BCUT2D eigenvalue weighted by Gasteiger charge is 2.27. The molecular weight excluding hydrogens is 394 g/mol. The molecule has 0 aliphatic carbocycles. The van der Waals surface area contributed by atoms with Gasteiger partial charge in [-0.3, -0.25) is 4.98 Å². The van der Waals surface area contributed by atoms with Gasteiger partial charge in [0.2, 0.25) is 0 Å². The summed E-state index contributed by atoms with van der Waals surface area (Å²) >= 11 is 0. The molecule has 2 aromatic heterocycles. The average Bonchev–Trinajstić information content (AvgIpc) is 2.80. The van der Waals surface area contributed by atoms with Gasteiger partial charge in [0.25, 0.3) is 0 Å². The molecular formula is C25H19NO5. The quantitative estimate of drug-likeness (QED) is 0.285. The number of hydrogen-bond donors (Lipinski definition) is 1. The van der Waals surface area contributed by atoms with Crippen LogP contribution in [0.5, 0.6) is 0 Å². The Morgan fingerprint density at radius 3 is 2.32 bits per heavy atom. The second kappa shape index (κ2) is 8.67. The minimum absolute atomic E-state index is 0.0318. The van der Waals surface area contributed by atoms with Crippen LogP contribution in [0.3, 0.4) is 0 Å². The molecule has 0 radical (unpaired) electrons. The summed E-state index contributed by atoms with van der Waals surface area (Å²) in [4.78, 5) is 30.0. The normalized spacial score (nSPS) is 11.8. The lowest BCUT2D eigenvalue weighted by Crippen LogP contribution is -2.13. The van der Waals surface area contributed by atoms with Gasteiger partial charge in [-0.1, -0.05) is 54.6 Å². The van der Waals surface area contributed by atoms with Crippen LogP contribution in [0.15, 0.2) is 94.0 Å². The van der Waals surface area contributed by atoms with Crippen molar-refractivity contribution in [2.75, 3.05) is 0 Å². The number of pyridine rings is 1. The zero-order valence-corrected chi connectivity index (χ0v) is 16.7. The summed E-state index contributed by atoms with van der Waals surface area (Å²) in [6, 6.07) is 21.1. The van der Waals surface area contributed by atoms with E-state index in [-0.39, 0.29) is 34.6 Å². The van der Waals surface area contributed by atoms with Crippen molar-refractivity contribution < 1.29 is 19.1 Å². The van der Waals surface area contributed by atoms with Crippen LogP contribution in [-0.4, -0.2) is 16.1 Å². The third-order valence-corrected chi connectivity index (χ3v) is 4.76. The highest BCUT2D eigenvalue weighted by Crippen LogP contribution is 2.34. The Bertz CT molecular complexity index is 1320. The molecule has 0 saturated heterocycles. The van der Waals surface area contributed by atoms with E-state index in [1.165, 1.54) is 6.92 Å². The SMILES string of the molecule is C/C(O)=C(\C(=O)OCc1ccccc1)c1c(-c2ccccn2)oc(=O)c2ccccc12. The topological polar surface area (TPSA) is 89.6 Å². The Balaban J connectivity index is 1.89. The Hall–Kier alpha value is -4.19. The zero-order valence-electron chi connectivity index (χ0n) is 16.7. The standard InChI is InChI=1S/C25H19NO5/c1-16(27)21(25(29)30-15-17-9-3-2-4-10-17)22-18-11-5-6-12-19(18)24(28)31-23(22)20-13-7-8-14-26-20/h2-14,27H,15H2,1H3/b21-16+. The molecule has 0 amide bonds. The molecule has 154 valence electrons. The fourth-order valence-corrected chi connectivity index (χ4v) is 3.35. The van der Waals surface area contributed by atoms with Crippen LogP contribution < -0.4 is 5.63 Å². The van der Waals surface area contributed by atoms with Crippen molar-refractivity contribution in [3.05, 3.63) is 106 Å². The van der Waals surface area contributed by atoms with E-state index in [0.29, 0.717) is 11.1 Å². The molecule has 0 atom stereocenters. The van der Waals surface area contributed by atoms with Gasteiger partial charge in [0.1, 0.15) is 23.6 Å². The number of aliphatic hydroxyl groups is 1. The first-order chi connectivity index (χ1) is 15.1. The average molecular weight is 413 g/mol. The molecule has 0 spiro atoms. The molecule has 31 heavy (non-hydrogen) atoms. The van der Waals surface area contributed by atoms with Crippen molar-refractivity contribution in [1.82, 2.24) is 4.98 Å². The van der Waals surface area contributed by atoms with Crippen LogP contribution >= 0.6 is 0 Å². The number of esters is 1. The summed E-state index contributed by atoms with van der Waals surface area (Å²) in [5.74, 6) is -0.904. The highest BCUT2D eigenvalue weighted by molar-refractivity contribution is 6.22. The Morgan fingerprint density at radius 2 is 1.65 bits per heavy atom. The van der Waals surface area contributed by atoms with Gasteiger partial charge in [-0.05, 0) is 30.7 Å². The first-order valence-corrected chi connectivity index (χ1v) is 9.64. The summed E-state index contributed by atoms with van der Waals surface area (Å²) in [7, 11) is 0. The molecule has 0 bridgehead atoms. The lowest BCUT2D eigenvalue weighted by atomic mass is 9.96. The number of aliphatic hydroxyl groups excluding tert-OH is 1. The predicted molar refractivity (Wildman–Crippen MR) is 117 cm³/mol. The summed E-state index contributed by atoms with van der Waals surface area (Å²) in [6.45, 7) is 1.42. The molecule has 0 aliphatic heterocycles. The summed E-state index contributed by atoms with van der Waals surface area (Å²) in [5, 5.41) is 11.2. The number of carbonyl (C=O) groups is 1. The summed E-state index contributed by atoms with van der Waals surface area (Å²) < 4.78 is 11.1. The van der Waals surface area contributed by atoms with Crippen LogP contribution in [0.4, 0.5) is 0 Å². The molecule has 0 saturated carbocycles. The third-order valence-electron chi connectivity index (χ3n) is 4.76. The van der Waals surface area contributed by atoms with Crippen molar-refractivity contribution in [3.63, 3.8) is 0 Å². The van der Waals surface area contributed by atoms with Crippen LogP contribution in [0.25, 0.3) is 27.8 Å². The van der Waals surface area contributed by atoms with Gasteiger partial charge in [0.05, 0.1) is 5.39 Å². The van der Waals surface area contributed by atoms with E-state index >= 15 is 0 Å². The third kappa shape index (κ3) is 4.09. The second-order valence-corrected chi connectivity index (χ2v) is 6.88. The number of aromatic nitrogens is 1. The number of rotatable bonds is 5. The number of carbonyl (C=O) groups excluding carboxylic acids is 1. The molecule has 6 nitrogen and oxygen atoms in total. The fourth-order valence-electron chi connectivity index (χ4n) is 3.35. The molecule has 6 heteroatoms. The fraction of sp³-hybridized carbons (Fsp3) is 0.0800. The molecule has 2 aromatic carbocycles. The highest BCUT2D eigenvalue weighted by atomic mass is 16.5. The largest absolute Gasteiger partial charge is 0.512 e. The number of allylic oxidation sites excluding steroid dienone is 1. The maximum Gasteiger partial charge on any atom is 0.344 e. The van der Waals surface area contributed by atoms with Gasteiger partial charge in [-0.15, -0.1) is 0 Å². The van der Waals surface area contributed by atoms with Crippen molar-refractivity contribution in [1.29, 1.82) is 0 Å². The van der Waals surface area contributed by atoms with Crippen molar-refractivity contribution in [3.8, 4) is 11.5 Å². The minimum Gasteiger partial charge on any atom is -0.512 e. The maximum atomic E-state index is 13.1. The molecule has 4 rings (SSSR count). The first kappa shape index (κ1) is 20.1. The van der Waals surface area contributed by atoms with Gasteiger partial charge in [-0.2, -0.15) is 0 Å². The Labute approximate surface area is 178 Å². The van der Waals surface area contributed by atoms with Gasteiger partial charge in [0, 0.05) is 17.1 Å². The number of ether oxygens (including phenoxy) is 1. The smallest absolute Gasteiger partial charge is 0.344 e. The van der Waals surface area contributed by atoms with Crippen LogP contribution in [0, 0.1) is 0 Å². The predicted octanol–water partition coefficient (Wildman–Crippen LogP) is 4.89. The van der Waals surface area contributed by atoms with Gasteiger partial charge >= 0.3 is 11.6 Å². The number of nitrogens with zero attached hydrogens (tertiary/aromatic N) is 1. The lowest BCUT2D eigenvalue weighted by molar-refractivity contribution is -0.137. The van der Waals surface area contributed by atoms with E-state index in [4.69, 9.17) is 9.15 Å². The Kier molecular flexibility index (Phi) is 5.62. The lowest BCUT2D eigenvalue weighted by Gasteiger charge is -2.15. The minimum atomic E-state index is -0.736. The van der Waals surface area contributed by atoms with E-state index in [1.54, 1.807) is 48.7 Å². The van der Waals surface area contributed by atoms with Crippen molar-refractivity contribution >= 4 is 22.3 Å². The second-order valence-electron chi connectivity index (χ2n) is 6.88. The summed E-state index contributed by atoms with van der Waals surface area (Å²) in [6.07, 6.45) is 1.55. The molecule has 0 aliphatic rings. The summed E-state index contributed by atoms with van der Waals surface area (Å²) in [5.41, 5.74) is 0.770.